The Labute approximate surface area is 54.9 Å². The number of nitrogens with two attached hydrogens (primary N) is 1. The summed E-state index contributed by atoms with van der Waals surface area (Å²) in [5, 5.41) is 9.00. The SMILES string of the molecule is CC(C)[C@@H](O)CC(N)=O. The van der Waals surface area contributed by atoms with Crippen LogP contribution in [-0.4, -0.2) is 17.1 Å². The zero-order chi connectivity index (χ0) is 7.44. The molecular formula is C6H13NO2. The molecule has 54 valence electrons. The molecule has 0 aliphatic heterocycles. The van der Waals surface area contributed by atoms with Crippen molar-refractivity contribution in [3.63, 3.8) is 0 Å². The molecule has 0 aliphatic carbocycles. The van der Waals surface area contributed by atoms with E-state index < -0.39 is 12.0 Å². The maximum absolute atomic E-state index is 10.2. The molecule has 0 radical (unpaired) electrons. The first-order valence-electron chi connectivity index (χ1n) is 3.00. The van der Waals surface area contributed by atoms with E-state index in [1.165, 1.54) is 0 Å². The number of hydrogen-bond donors (Lipinski definition) is 2. The Morgan fingerprint density at radius 3 is 2.22 bits per heavy atom. The lowest BCUT2D eigenvalue weighted by atomic mass is 10.0. The molecule has 1 amide bonds. The summed E-state index contributed by atoms with van der Waals surface area (Å²) in [7, 11) is 0. The van der Waals surface area contributed by atoms with Crippen LogP contribution in [0.2, 0.25) is 0 Å². The fourth-order valence-corrected chi connectivity index (χ4v) is 0.442. The first-order valence-corrected chi connectivity index (χ1v) is 3.00. The summed E-state index contributed by atoms with van der Waals surface area (Å²) in [6.07, 6.45) is -0.514. The maximum atomic E-state index is 10.2. The van der Waals surface area contributed by atoms with Crippen molar-refractivity contribution in [2.24, 2.45) is 11.7 Å². The van der Waals surface area contributed by atoms with Crippen molar-refractivity contribution in [1.29, 1.82) is 0 Å². The second kappa shape index (κ2) is 3.45. The average molecular weight is 131 g/mol. The van der Waals surface area contributed by atoms with E-state index in [4.69, 9.17) is 10.8 Å². The lowest BCUT2D eigenvalue weighted by Crippen LogP contribution is -2.23. The molecule has 9 heavy (non-hydrogen) atoms. The van der Waals surface area contributed by atoms with Crippen molar-refractivity contribution < 1.29 is 9.90 Å². The van der Waals surface area contributed by atoms with Crippen molar-refractivity contribution in [2.45, 2.75) is 26.4 Å². The van der Waals surface area contributed by atoms with Gasteiger partial charge in [0.2, 0.25) is 5.91 Å². The number of aliphatic hydroxyl groups is 1. The fraction of sp³-hybridized carbons (Fsp3) is 0.833. The average Bonchev–Trinajstić information content (AvgIpc) is 1.63. The summed E-state index contributed by atoms with van der Waals surface area (Å²) in [6, 6.07) is 0. The van der Waals surface area contributed by atoms with Crippen LogP contribution in [0.3, 0.4) is 0 Å². The van der Waals surface area contributed by atoms with Crippen molar-refractivity contribution in [3.05, 3.63) is 0 Å². The second-order valence-corrected chi connectivity index (χ2v) is 2.48. The van der Waals surface area contributed by atoms with Gasteiger partial charge in [-0.3, -0.25) is 4.79 Å². The van der Waals surface area contributed by atoms with Gasteiger partial charge in [-0.25, -0.2) is 0 Å². The number of hydrogen-bond acceptors (Lipinski definition) is 2. The van der Waals surface area contributed by atoms with E-state index in [0.29, 0.717) is 0 Å². The first-order chi connectivity index (χ1) is 4.04. The summed E-state index contributed by atoms with van der Waals surface area (Å²) in [5.41, 5.74) is 4.83. The summed E-state index contributed by atoms with van der Waals surface area (Å²) >= 11 is 0. The zero-order valence-corrected chi connectivity index (χ0v) is 5.79. The van der Waals surface area contributed by atoms with Gasteiger partial charge in [0.1, 0.15) is 0 Å². The Bertz CT molecular complexity index is 101. The minimum atomic E-state index is -0.581. The van der Waals surface area contributed by atoms with E-state index in [9.17, 15) is 4.79 Å². The molecule has 0 rings (SSSR count). The van der Waals surface area contributed by atoms with Crippen LogP contribution in [0.25, 0.3) is 0 Å². The number of amides is 1. The Balaban J connectivity index is 3.50. The number of carbonyl (C=O) groups excluding carboxylic acids is 1. The number of aliphatic hydroxyl groups excluding tert-OH is 1. The Morgan fingerprint density at radius 2 is 2.11 bits per heavy atom. The summed E-state index contributed by atoms with van der Waals surface area (Å²) < 4.78 is 0. The van der Waals surface area contributed by atoms with Crippen LogP contribution >= 0.6 is 0 Å². The predicted molar refractivity (Wildman–Crippen MR) is 34.7 cm³/mol. The molecule has 0 saturated carbocycles. The van der Waals surface area contributed by atoms with Crippen LogP contribution in [-0.2, 0) is 4.79 Å². The standard InChI is InChI=1S/C6H13NO2/c1-4(2)5(8)3-6(7)9/h4-5,8H,3H2,1-2H3,(H2,7,9)/t5-/m0/s1. The number of rotatable bonds is 3. The van der Waals surface area contributed by atoms with E-state index in [2.05, 4.69) is 0 Å². The minimum absolute atomic E-state index is 0.0671. The lowest BCUT2D eigenvalue weighted by Gasteiger charge is -2.10. The third-order valence-electron chi connectivity index (χ3n) is 1.18. The highest BCUT2D eigenvalue weighted by molar-refractivity contribution is 5.74. The summed E-state index contributed by atoms with van der Waals surface area (Å²) in [5.74, 6) is -0.339. The van der Waals surface area contributed by atoms with Crippen molar-refractivity contribution >= 4 is 5.91 Å². The van der Waals surface area contributed by atoms with Crippen LogP contribution < -0.4 is 5.73 Å². The molecule has 3 heteroatoms. The summed E-state index contributed by atoms with van der Waals surface area (Å²) in [4.78, 5) is 10.2. The molecule has 0 aromatic rings. The molecule has 0 fully saturated rings. The van der Waals surface area contributed by atoms with Gasteiger partial charge in [0.15, 0.2) is 0 Å². The summed E-state index contributed by atoms with van der Waals surface area (Å²) in [6.45, 7) is 3.68. The monoisotopic (exact) mass is 131 g/mol. The van der Waals surface area contributed by atoms with Gasteiger partial charge < -0.3 is 10.8 Å². The van der Waals surface area contributed by atoms with Crippen molar-refractivity contribution in [1.82, 2.24) is 0 Å². The molecule has 0 aromatic carbocycles. The van der Waals surface area contributed by atoms with E-state index in [1.807, 2.05) is 13.8 Å². The molecule has 3 nitrogen and oxygen atoms in total. The van der Waals surface area contributed by atoms with Crippen molar-refractivity contribution in [3.8, 4) is 0 Å². The Kier molecular flexibility index (Phi) is 3.24. The van der Waals surface area contributed by atoms with Gasteiger partial charge in [-0.2, -0.15) is 0 Å². The highest BCUT2D eigenvalue weighted by atomic mass is 16.3. The third kappa shape index (κ3) is 3.97. The van der Waals surface area contributed by atoms with Crippen LogP contribution in [0.15, 0.2) is 0 Å². The van der Waals surface area contributed by atoms with Crippen LogP contribution in [0, 0.1) is 5.92 Å². The Morgan fingerprint density at radius 1 is 1.67 bits per heavy atom. The topological polar surface area (TPSA) is 63.3 Å². The first kappa shape index (κ1) is 8.43. The molecule has 1 atom stereocenters. The highest BCUT2D eigenvalue weighted by Gasteiger charge is 2.10. The fourth-order valence-electron chi connectivity index (χ4n) is 0.442. The van der Waals surface area contributed by atoms with E-state index >= 15 is 0 Å². The zero-order valence-electron chi connectivity index (χ0n) is 5.79. The molecule has 0 heterocycles. The van der Waals surface area contributed by atoms with Gasteiger partial charge in [-0.15, -0.1) is 0 Å². The van der Waals surface area contributed by atoms with Gasteiger partial charge in [0.05, 0.1) is 12.5 Å². The molecule has 3 N–H and O–H groups in total. The molecule has 0 aliphatic rings. The van der Waals surface area contributed by atoms with Gasteiger partial charge in [-0.1, -0.05) is 13.8 Å². The quantitative estimate of drug-likeness (QED) is 0.560. The molecule has 0 bridgehead atoms. The maximum Gasteiger partial charge on any atom is 0.220 e. The molecule has 0 aromatic heterocycles. The van der Waals surface area contributed by atoms with Gasteiger partial charge in [-0.05, 0) is 5.92 Å². The van der Waals surface area contributed by atoms with Crippen LogP contribution in [0.1, 0.15) is 20.3 Å². The van der Waals surface area contributed by atoms with Crippen LogP contribution in [0.4, 0.5) is 0 Å². The molecule has 0 saturated heterocycles. The molecule has 0 unspecified atom stereocenters. The van der Waals surface area contributed by atoms with E-state index in [0.717, 1.165) is 0 Å². The Hall–Kier alpha value is -0.570. The van der Waals surface area contributed by atoms with Gasteiger partial charge >= 0.3 is 0 Å². The van der Waals surface area contributed by atoms with E-state index in [1.54, 1.807) is 0 Å². The molecule has 0 spiro atoms. The second-order valence-electron chi connectivity index (χ2n) is 2.48. The number of carbonyl (C=O) groups is 1. The van der Waals surface area contributed by atoms with Crippen LogP contribution in [0.5, 0.6) is 0 Å². The smallest absolute Gasteiger partial charge is 0.220 e. The minimum Gasteiger partial charge on any atom is -0.392 e. The number of primary amides is 1. The van der Waals surface area contributed by atoms with Crippen molar-refractivity contribution in [2.75, 3.05) is 0 Å². The molecular weight excluding hydrogens is 118 g/mol. The third-order valence-corrected chi connectivity index (χ3v) is 1.18. The largest absolute Gasteiger partial charge is 0.392 e. The predicted octanol–water partition coefficient (Wildman–Crippen LogP) is -0.121. The van der Waals surface area contributed by atoms with Gasteiger partial charge in [0.25, 0.3) is 0 Å². The highest BCUT2D eigenvalue weighted by Crippen LogP contribution is 2.03. The van der Waals surface area contributed by atoms with E-state index in [-0.39, 0.29) is 12.3 Å². The normalized spacial score (nSPS) is 13.8. The lowest BCUT2D eigenvalue weighted by molar-refractivity contribution is -0.120. The van der Waals surface area contributed by atoms with Gasteiger partial charge in [0, 0.05) is 0 Å².